The maximum Gasteiger partial charge on any atom is 0.137 e. The van der Waals surface area contributed by atoms with Crippen molar-refractivity contribution in [2.75, 3.05) is 7.11 Å². The number of aryl methyl sites for hydroxylation is 1. The van der Waals surface area contributed by atoms with Crippen molar-refractivity contribution in [1.29, 1.82) is 0 Å². The van der Waals surface area contributed by atoms with Gasteiger partial charge in [0.05, 0.1) is 13.3 Å². The van der Waals surface area contributed by atoms with Crippen LogP contribution < -0.4 is 4.74 Å². The van der Waals surface area contributed by atoms with Crippen LogP contribution in [0.2, 0.25) is 0 Å². The Kier molecular flexibility index (Phi) is 3.76. The molecule has 1 aromatic carbocycles. The van der Waals surface area contributed by atoms with E-state index in [0.29, 0.717) is 11.3 Å². The van der Waals surface area contributed by atoms with Crippen molar-refractivity contribution in [3.8, 4) is 5.75 Å². The molecule has 0 aliphatic heterocycles. The molecule has 1 unspecified atom stereocenters. The van der Waals surface area contributed by atoms with Crippen LogP contribution in [0.5, 0.6) is 5.75 Å². The van der Waals surface area contributed by atoms with E-state index >= 15 is 0 Å². The molecule has 0 fully saturated rings. The van der Waals surface area contributed by atoms with Crippen LogP contribution >= 0.6 is 0 Å². The molecule has 0 radical (unpaired) electrons. The fourth-order valence-electron chi connectivity index (χ4n) is 1.77. The summed E-state index contributed by atoms with van der Waals surface area (Å²) in [5.41, 5.74) is 0.657. The normalized spacial score (nSPS) is 12.3. The van der Waals surface area contributed by atoms with Crippen molar-refractivity contribution in [2.24, 2.45) is 0 Å². The molecule has 0 saturated carbocycles. The van der Waals surface area contributed by atoms with Gasteiger partial charge in [0.25, 0.3) is 0 Å². The monoisotopic (exact) mass is 265 g/mol. The van der Waals surface area contributed by atoms with Gasteiger partial charge in [0.2, 0.25) is 0 Å². The number of halogens is 2. The summed E-state index contributed by atoms with van der Waals surface area (Å²) in [6.07, 6.45) is 1.66. The summed E-state index contributed by atoms with van der Waals surface area (Å²) in [5.74, 6) is -0.980. The predicted molar refractivity (Wildman–Crippen MR) is 65.9 cm³/mol. The molecule has 2 aromatic rings. The minimum Gasteiger partial charge on any atom is -0.495 e. The molecule has 0 amide bonds. The molecule has 0 saturated heterocycles. The van der Waals surface area contributed by atoms with Crippen molar-refractivity contribution in [2.45, 2.75) is 13.0 Å². The van der Waals surface area contributed by atoms with Gasteiger partial charge in [-0.25, -0.2) is 8.78 Å². The minimum absolute atomic E-state index is 0.00829. The summed E-state index contributed by atoms with van der Waals surface area (Å²) in [4.78, 5) is 3.89. The topological polar surface area (TPSA) is 42.4 Å². The van der Waals surface area contributed by atoms with E-state index in [1.807, 2.05) is 0 Å². The summed E-state index contributed by atoms with van der Waals surface area (Å²) in [7, 11) is 1.47. The molecule has 0 bridgehead atoms. The van der Waals surface area contributed by atoms with Gasteiger partial charge in [-0.1, -0.05) is 0 Å². The van der Waals surface area contributed by atoms with E-state index in [9.17, 15) is 13.9 Å². The van der Waals surface area contributed by atoms with Crippen LogP contribution in [0.25, 0.3) is 0 Å². The molecule has 100 valence electrons. The van der Waals surface area contributed by atoms with Crippen molar-refractivity contribution >= 4 is 0 Å². The highest BCUT2D eigenvalue weighted by molar-refractivity contribution is 5.35. The second-order valence-corrected chi connectivity index (χ2v) is 4.18. The number of aliphatic hydroxyl groups is 1. The number of hydrogen-bond acceptors (Lipinski definition) is 3. The molecular formula is C14H13F2NO2. The third-order valence-electron chi connectivity index (χ3n) is 2.86. The number of aromatic nitrogens is 1. The number of methoxy groups -OCH3 is 1. The molecule has 0 aliphatic rings. The van der Waals surface area contributed by atoms with Crippen LogP contribution in [0.15, 0.2) is 30.6 Å². The number of benzene rings is 1. The average Bonchev–Trinajstić information content (AvgIpc) is 2.42. The van der Waals surface area contributed by atoms with Crippen LogP contribution in [0.1, 0.15) is 22.8 Å². The van der Waals surface area contributed by atoms with E-state index in [-0.39, 0.29) is 11.1 Å². The van der Waals surface area contributed by atoms with Crippen LogP contribution in [-0.4, -0.2) is 17.2 Å². The standard InChI is InChI=1S/C14H13F2NO2/c1-8-3-11(13(16)5-12(8)15)14(18)9-4-10(19-2)7-17-6-9/h3-7,14,18H,1-2H3. The van der Waals surface area contributed by atoms with E-state index in [2.05, 4.69) is 4.98 Å². The summed E-state index contributed by atoms with van der Waals surface area (Å²) < 4.78 is 31.9. The molecule has 3 nitrogen and oxygen atoms in total. The zero-order valence-electron chi connectivity index (χ0n) is 10.5. The summed E-state index contributed by atoms with van der Waals surface area (Å²) in [6.45, 7) is 1.51. The highest BCUT2D eigenvalue weighted by Gasteiger charge is 2.18. The number of ether oxygens (including phenoxy) is 1. The number of aliphatic hydroxyl groups excluding tert-OH is 1. The Morgan fingerprint density at radius 1 is 1.16 bits per heavy atom. The number of pyridine rings is 1. The molecule has 1 N–H and O–H groups in total. The fraction of sp³-hybridized carbons (Fsp3) is 0.214. The lowest BCUT2D eigenvalue weighted by atomic mass is 10.0. The first-order valence-electron chi connectivity index (χ1n) is 5.65. The van der Waals surface area contributed by atoms with Gasteiger partial charge in [0.1, 0.15) is 23.5 Å². The lowest BCUT2D eigenvalue weighted by Gasteiger charge is -2.14. The molecule has 0 spiro atoms. The SMILES string of the molecule is COc1cncc(C(O)c2cc(C)c(F)cc2F)c1. The summed E-state index contributed by atoms with van der Waals surface area (Å²) >= 11 is 0. The number of nitrogens with zero attached hydrogens (tertiary/aromatic N) is 1. The van der Waals surface area contributed by atoms with Crippen LogP contribution in [0.3, 0.4) is 0 Å². The molecule has 1 aromatic heterocycles. The lowest BCUT2D eigenvalue weighted by molar-refractivity contribution is 0.213. The Morgan fingerprint density at radius 3 is 2.58 bits per heavy atom. The second kappa shape index (κ2) is 5.32. The number of rotatable bonds is 3. The third-order valence-corrected chi connectivity index (χ3v) is 2.86. The highest BCUT2D eigenvalue weighted by atomic mass is 19.1. The van der Waals surface area contributed by atoms with E-state index in [1.54, 1.807) is 6.07 Å². The Hall–Kier alpha value is -2.01. The molecule has 0 aliphatic carbocycles. The zero-order chi connectivity index (χ0) is 14.0. The van der Waals surface area contributed by atoms with Crippen molar-refractivity contribution in [3.63, 3.8) is 0 Å². The number of hydrogen-bond donors (Lipinski definition) is 1. The fourth-order valence-corrected chi connectivity index (χ4v) is 1.77. The zero-order valence-corrected chi connectivity index (χ0v) is 10.5. The molecule has 2 rings (SSSR count). The van der Waals surface area contributed by atoms with Crippen LogP contribution in [0, 0.1) is 18.6 Å². The second-order valence-electron chi connectivity index (χ2n) is 4.18. The molecule has 5 heteroatoms. The van der Waals surface area contributed by atoms with Gasteiger partial charge in [0, 0.05) is 23.4 Å². The third kappa shape index (κ3) is 2.71. The quantitative estimate of drug-likeness (QED) is 0.927. The van der Waals surface area contributed by atoms with Gasteiger partial charge < -0.3 is 9.84 Å². The van der Waals surface area contributed by atoms with E-state index in [0.717, 1.165) is 6.07 Å². The first kappa shape index (κ1) is 13.4. The van der Waals surface area contributed by atoms with Gasteiger partial charge >= 0.3 is 0 Å². The van der Waals surface area contributed by atoms with Crippen molar-refractivity contribution in [3.05, 3.63) is 58.9 Å². The smallest absolute Gasteiger partial charge is 0.137 e. The molecule has 19 heavy (non-hydrogen) atoms. The molecular weight excluding hydrogens is 252 g/mol. The van der Waals surface area contributed by atoms with Crippen molar-refractivity contribution < 1.29 is 18.6 Å². The van der Waals surface area contributed by atoms with E-state index in [4.69, 9.17) is 4.74 Å². The summed E-state index contributed by atoms with van der Waals surface area (Å²) in [6, 6.07) is 3.60. The molecule has 1 heterocycles. The highest BCUT2D eigenvalue weighted by Crippen LogP contribution is 2.27. The first-order chi connectivity index (χ1) is 9.02. The van der Waals surface area contributed by atoms with Crippen LogP contribution in [-0.2, 0) is 0 Å². The first-order valence-corrected chi connectivity index (χ1v) is 5.65. The van der Waals surface area contributed by atoms with E-state index in [1.165, 1.54) is 32.5 Å². The maximum atomic E-state index is 13.7. The molecule has 1 atom stereocenters. The maximum absolute atomic E-state index is 13.7. The Morgan fingerprint density at radius 2 is 1.89 bits per heavy atom. The van der Waals surface area contributed by atoms with Crippen LogP contribution in [0.4, 0.5) is 8.78 Å². The van der Waals surface area contributed by atoms with Gasteiger partial charge in [-0.15, -0.1) is 0 Å². The van der Waals surface area contributed by atoms with Gasteiger partial charge in [-0.3, -0.25) is 4.98 Å². The predicted octanol–water partition coefficient (Wildman–Crippen LogP) is 2.76. The van der Waals surface area contributed by atoms with E-state index < -0.39 is 17.7 Å². The Labute approximate surface area is 109 Å². The Bertz CT molecular complexity index is 602. The largest absolute Gasteiger partial charge is 0.495 e. The van der Waals surface area contributed by atoms with Crippen molar-refractivity contribution in [1.82, 2.24) is 4.98 Å². The summed E-state index contributed by atoms with van der Waals surface area (Å²) in [5, 5.41) is 10.1. The Balaban J connectivity index is 2.43. The lowest BCUT2D eigenvalue weighted by Crippen LogP contribution is -2.05. The minimum atomic E-state index is -1.22. The van der Waals surface area contributed by atoms with Gasteiger partial charge in [-0.2, -0.15) is 0 Å². The van der Waals surface area contributed by atoms with Gasteiger partial charge in [0.15, 0.2) is 0 Å². The van der Waals surface area contributed by atoms with Gasteiger partial charge in [-0.05, 0) is 24.6 Å². The average molecular weight is 265 g/mol.